The normalized spacial score (nSPS) is 19.3. The van der Waals surface area contributed by atoms with Crippen molar-refractivity contribution in [3.05, 3.63) is 18.0 Å². The van der Waals surface area contributed by atoms with Crippen LogP contribution >= 0.6 is 0 Å². The molecule has 2 atom stereocenters. The van der Waals surface area contributed by atoms with Crippen molar-refractivity contribution in [1.82, 2.24) is 15.1 Å². The van der Waals surface area contributed by atoms with Crippen molar-refractivity contribution in [2.24, 2.45) is 11.8 Å². The van der Waals surface area contributed by atoms with Gasteiger partial charge in [-0.05, 0) is 57.1 Å². The van der Waals surface area contributed by atoms with Crippen LogP contribution in [0.25, 0.3) is 0 Å². The van der Waals surface area contributed by atoms with Gasteiger partial charge in [0.1, 0.15) is 0 Å². The lowest BCUT2D eigenvalue weighted by Gasteiger charge is -2.28. The first-order valence-electron chi connectivity index (χ1n) is 8.89. The van der Waals surface area contributed by atoms with Crippen LogP contribution in [-0.4, -0.2) is 22.4 Å². The molecule has 1 aliphatic rings. The Balaban J connectivity index is 1.96. The van der Waals surface area contributed by atoms with Crippen molar-refractivity contribution in [2.45, 2.75) is 78.3 Å². The molecule has 1 heterocycles. The van der Waals surface area contributed by atoms with E-state index in [1.807, 2.05) is 0 Å². The topological polar surface area (TPSA) is 29.9 Å². The molecule has 0 spiro atoms. The summed E-state index contributed by atoms with van der Waals surface area (Å²) in [4.78, 5) is 0. The number of hydrogen-bond donors (Lipinski definition) is 1. The predicted molar refractivity (Wildman–Crippen MR) is 89.5 cm³/mol. The van der Waals surface area contributed by atoms with Crippen molar-refractivity contribution in [3.63, 3.8) is 0 Å². The van der Waals surface area contributed by atoms with E-state index in [-0.39, 0.29) is 0 Å². The molecule has 120 valence electrons. The zero-order chi connectivity index (χ0) is 15.2. The van der Waals surface area contributed by atoms with Gasteiger partial charge in [0.05, 0.1) is 11.7 Å². The van der Waals surface area contributed by atoms with Crippen LogP contribution in [0, 0.1) is 11.8 Å². The van der Waals surface area contributed by atoms with E-state index >= 15 is 0 Å². The van der Waals surface area contributed by atoms with Crippen LogP contribution in [0.5, 0.6) is 0 Å². The summed E-state index contributed by atoms with van der Waals surface area (Å²) in [6.45, 7) is 10.3. The Morgan fingerprint density at radius 2 is 2.00 bits per heavy atom. The van der Waals surface area contributed by atoms with Gasteiger partial charge >= 0.3 is 0 Å². The highest BCUT2D eigenvalue weighted by Gasteiger charge is 2.23. The molecule has 3 nitrogen and oxygen atoms in total. The highest BCUT2D eigenvalue weighted by atomic mass is 15.3. The summed E-state index contributed by atoms with van der Waals surface area (Å²) in [7, 11) is 0. The SMILES string of the molecule is CCCNC(C)C(Cc1ccn(C2CCCC2)n1)C(C)C. The summed E-state index contributed by atoms with van der Waals surface area (Å²) in [6, 6.07) is 3.45. The maximum Gasteiger partial charge on any atom is 0.0628 e. The zero-order valence-corrected chi connectivity index (χ0v) is 14.3. The van der Waals surface area contributed by atoms with Gasteiger partial charge in [0.2, 0.25) is 0 Å². The fourth-order valence-electron chi connectivity index (χ4n) is 3.61. The average molecular weight is 291 g/mol. The molecule has 1 N–H and O–H groups in total. The fraction of sp³-hybridized carbons (Fsp3) is 0.833. The smallest absolute Gasteiger partial charge is 0.0628 e. The van der Waals surface area contributed by atoms with Crippen LogP contribution in [0.1, 0.15) is 71.5 Å². The third kappa shape index (κ3) is 4.57. The summed E-state index contributed by atoms with van der Waals surface area (Å²) < 4.78 is 2.23. The first-order chi connectivity index (χ1) is 10.1. The molecule has 1 aromatic rings. The lowest BCUT2D eigenvalue weighted by molar-refractivity contribution is 0.286. The standard InChI is InChI=1S/C18H33N3/c1-5-11-19-15(4)18(14(2)3)13-16-10-12-21(20-16)17-8-6-7-9-17/h10,12,14-15,17-19H,5-9,11,13H2,1-4H3. The summed E-state index contributed by atoms with van der Waals surface area (Å²) in [5.74, 6) is 1.34. The molecule has 0 saturated heterocycles. The third-order valence-corrected chi connectivity index (χ3v) is 5.02. The van der Waals surface area contributed by atoms with Gasteiger partial charge in [-0.15, -0.1) is 0 Å². The van der Waals surface area contributed by atoms with Crippen molar-refractivity contribution >= 4 is 0 Å². The highest BCUT2D eigenvalue weighted by molar-refractivity contribution is 5.03. The molecule has 1 aromatic heterocycles. The molecular weight excluding hydrogens is 258 g/mol. The molecule has 1 aliphatic carbocycles. The second-order valence-electron chi connectivity index (χ2n) is 7.08. The molecule has 0 amide bonds. The quantitative estimate of drug-likeness (QED) is 0.778. The summed E-state index contributed by atoms with van der Waals surface area (Å²) in [5, 5.41) is 8.53. The van der Waals surface area contributed by atoms with E-state index in [9.17, 15) is 0 Å². The minimum atomic E-state index is 0.557. The number of nitrogens with one attached hydrogen (secondary N) is 1. The molecule has 1 fully saturated rings. The van der Waals surface area contributed by atoms with Crippen LogP contribution in [0.2, 0.25) is 0 Å². The molecule has 0 radical (unpaired) electrons. The van der Waals surface area contributed by atoms with Gasteiger partial charge in [0.25, 0.3) is 0 Å². The van der Waals surface area contributed by atoms with Crippen molar-refractivity contribution in [2.75, 3.05) is 6.54 Å². The van der Waals surface area contributed by atoms with Crippen LogP contribution in [0.4, 0.5) is 0 Å². The van der Waals surface area contributed by atoms with E-state index in [4.69, 9.17) is 5.10 Å². The molecule has 2 rings (SSSR count). The third-order valence-electron chi connectivity index (χ3n) is 5.02. The highest BCUT2D eigenvalue weighted by Crippen LogP contribution is 2.29. The van der Waals surface area contributed by atoms with E-state index in [0.717, 1.165) is 13.0 Å². The Labute approximate surface area is 130 Å². The maximum absolute atomic E-state index is 4.87. The van der Waals surface area contributed by atoms with E-state index in [0.29, 0.717) is 23.9 Å². The molecule has 2 unspecified atom stereocenters. The number of aromatic nitrogens is 2. The van der Waals surface area contributed by atoms with Gasteiger partial charge in [-0.3, -0.25) is 4.68 Å². The van der Waals surface area contributed by atoms with Crippen molar-refractivity contribution in [1.29, 1.82) is 0 Å². The molecule has 21 heavy (non-hydrogen) atoms. The first-order valence-corrected chi connectivity index (χ1v) is 8.89. The number of hydrogen-bond acceptors (Lipinski definition) is 2. The predicted octanol–water partition coefficient (Wildman–Crippen LogP) is 4.20. The van der Waals surface area contributed by atoms with Gasteiger partial charge in [-0.1, -0.05) is 33.6 Å². The molecule has 1 saturated carbocycles. The Bertz CT molecular complexity index is 404. The van der Waals surface area contributed by atoms with Crippen LogP contribution in [0.3, 0.4) is 0 Å². The minimum Gasteiger partial charge on any atom is -0.314 e. The molecular formula is C18H33N3. The van der Waals surface area contributed by atoms with Gasteiger partial charge in [-0.2, -0.15) is 5.10 Å². The molecule has 0 bridgehead atoms. The maximum atomic E-state index is 4.87. The Kier molecular flexibility index (Phi) is 6.28. The van der Waals surface area contributed by atoms with Gasteiger partial charge in [0.15, 0.2) is 0 Å². The second-order valence-corrected chi connectivity index (χ2v) is 7.08. The molecule has 0 aliphatic heterocycles. The fourth-order valence-corrected chi connectivity index (χ4v) is 3.61. The van der Waals surface area contributed by atoms with Crippen LogP contribution in [-0.2, 0) is 6.42 Å². The van der Waals surface area contributed by atoms with Crippen LogP contribution < -0.4 is 5.32 Å². The van der Waals surface area contributed by atoms with Gasteiger partial charge in [-0.25, -0.2) is 0 Å². The Morgan fingerprint density at radius 3 is 2.62 bits per heavy atom. The zero-order valence-electron chi connectivity index (χ0n) is 14.3. The lowest BCUT2D eigenvalue weighted by Crippen LogP contribution is -2.37. The van der Waals surface area contributed by atoms with E-state index < -0.39 is 0 Å². The summed E-state index contributed by atoms with van der Waals surface area (Å²) >= 11 is 0. The Hall–Kier alpha value is -0.830. The van der Waals surface area contributed by atoms with E-state index in [1.165, 1.54) is 37.8 Å². The number of rotatable bonds is 8. The summed E-state index contributed by atoms with van der Waals surface area (Å²) in [5.41, 5.74) is 1.27. The Morgan fingerprint density at radius 1 is 1.29 bits per heavy atom. The molecule has 0 aromatic carbocycles. The first kappa shape index (κ1) is 16.5. The minimum absolute atomic E-state index is 0.557. The van der Waals surface area contributed by atoms with E-state index in [1.54, 1.807) is 0 Å². The van der Waals surface area contributed by atoms with Crippen molar-refractivity contribution in [3.8, 4) is 0 Å². The van der Waals surface area contributed by atoms with Crippen molar-refractivity contribution < 1.29 is 0 Å². The van der Waals surface area contributed by atoms with Gasteiger partial charge in [0, 0.05) is 12.2 Å². The monoisotopic (exact) mass is 291 g/mol. The molecule has 3 heteroatoms. The van der Waals surface area contributed by atoms with Crippen LogP contribution in [0.15, 0.2) is 12.3 Å². The van der Waals surface area contributed by atoms with Gasteiger partial charge < -0.3 is 5.32 Å². The summed E-state index contributed by atoms with van der Waals surface area (Å²) in [6.07, 6.45) is 9.85. The lowest BCUT2D eigenvalue weighted by atomic mass is 9.85. The second kappa shape index (κ2) is 7.98. The van der Waals surface area contributed by atoms with E-state index in [2.05, 4.69) is 50.0 Å². The largest absolute Gasteiger partial charge is 0.314 e. The average Bonchev–Trinajstić information content (AvgIpc) is 3.12. The number of nitrogens with zero attached hydrogens (tertiary/aromatic N) is 2.